The lowest BCUT2D eigenvalue weighted by atomic mass is 10.2. The van der Waals surface area contributed by atoms with Gasteiger partial charge in [0.2, 0.25) is 11.8 Å². The first-order valence-corrected chi connectivity index (χ1v) is 3.78. The summed E-state index contributed by atoms with van der Waals surface area (Å²) in [6, 6.07) is 3.15. The molecular weight excluding hydrogens is 170 g/mol. The van der Waals surface area contributed by atoms with E-state index in [-0.39, 0.29) is 5.78 Å². The van der Waals surface area contributed by atoms with E-state index in [4.69, 9.17) is 9.47 Å². The molecule has 0 saturated heterocycles. The third-order valence-corrected chi connectivity index (χ3v) is 1.60. The van der Waals surface area contributed by atoms with Crippen LogP contribution in [0.3, 0.4) is 0 Å². The Morgan fingerprint density at radius 2 is 1.69 bits per heavy atom. The average Bonchev–Trinajstić information content (AvgIpc) is 2.16. The molecule has 0 atom stereocenters. The van der Waals surface area contributed by atoms with E-state index in [1.807, 2.05) is 0 Å². The van der Waals surface area contributed by atoms with Crippen molar-refractivity contribution in [3.05, 3.63) is 17.7 Å². The quantitative estimate of drug-likeness (QED) is 0.659. The fourth-order valence-corrected chi connectivity index (χ4v) is 0.893. The summed E-state index contributed by atoms with van der Waals surface area (Å²) >= 11 is 0. The summed E-state index contributed by atoms with van der Waals surface area (Å²) in [4.78, 5) is 15.0. The number of carbonyl (C=O) groups excluding carboxylic acids is 1. The lowest BCUT2D eigenvalue weighted by Gasteiger charge is -2.04. The van der Waals surface area contributed by atoms with Gasteiger partial charge in [-0.2, -0.15) is 4.98 Å². The smallest absolute Gasteiger partial charge is 0.216 e. The van der Waals surface area contributed by atoms with Gasteiger partial charge in [-0.05, 0) is 6.92 Å². The van der Waals surface area contributed by atoms with Crippen LogP contribution in [-0.2, 0) is 0 Å². The predicted octanol–water partition coefficient (Wildman–Crippen LogP) is 1.30. The molecule has 1 heterocycles. The van der Waals surface area contributed by atoms with Crippen molar-refractivity contribution in [3.63, 3.8) is 0 Å². The molecule has 0 unspecified atom stereocenters. The van der Waals surface area contributed by atoms with E-state index < -0.39 is 0 Å². The Balaban J connectivity index is 3.14. The maximum Gasteiger partial charge on any atom is 0.216 e. The highest BCUT2D eigenvalue weighted by Gasteiger charge is 2.06. The van der Waals surface area contributed by atoms with Crippen LogP contribution >= 0.6 is 0 Å². The highest BCUT2D eigenvalue weighted by atomic mass is 16.5. The first-order chi connectivity index (χ1) is 6.17. The third kappa shape index (κ3) is 2.18. The number of pyridine rings is 1. The molecule has 0 spiro atoms. The number of ether oxygens (including phenoxy) is 2. The minimum atomic E-state index is -0.0426. The molecule has 1 aromatic rings. The Labute approximate surface area is 76.5 Å². The SMILES string of the molecule is COc1cc(C(C)=O)cc(OC)n1. The fraction of sp³-hybridized carbons (Fsp3) is 0.333. The molecule has 1 rings (SSSR count). The van der Waals surface area contributed by atoms with Crippen molar-refractivity contribution in [2.75, 3.05) is 14.2 Å². The van der Waals surface area contributed by atoms with Crippen LogP contribution in [0.4, 0.5) is 0 Å². The Hall–Kier alpha value is -1.58. The lowest BCUT2D eigenvalue weighted by molar-refractivity contribution is 0.101. The van der Waals surface area contributed by atoms with Gasteiger partial charge in [0.15, 0.2) is 5.78 Å². The largest absolute Gasteiger partial charge is 0.481 e. The van der Waals surface area contributed by atoms with Gasteiger partial charge in [-0.15, -0.1) is 0 Å². The van der Waals surface area contributed by atoms with Crippen LogP contribution in [0.15, 0.2) is 12.1 Å². The zero-order chi connectivity index (χ0) is 9.84. The molecular formula is C9H11NO3. The Morgan fingerprint density at radius 3 is 2.00 bits per heavy atom. The second-order valence-corrected chi connectivity index (χ2v) is 2.50. The summed E-state index contributed by atoms with van der Waals surface area (Å²) in [7, 11) is 2.98. The van der Waals surface area contributed by atoms with Crippen molar-refractivity contribution in [2.24, 2.45) is 0 Å². The molecule has 0 radical (unpaired) electrons. The van der Waals surface area contributed by atoms with Gasteiger partial charge in [-0.3, -0.25) is 4.79 Å². The molecule has 0 saturated carbocycles. The van der Waals surface area contributed by atoms with Gasteiger partial charge in [0, 0.05) is 17.7 Å². The van der Waals surface area contributed by atoms with Gasteiger partial charge in [0.05, 0.1) is 14.2 Å². The van der Waals surface area contributed by atoms with Crippen LogP contribution in [0, 0.1) is 0 Å². The highest BCUT2D eigenvalue weighted by Crippen LogP contribution is 2.17. The standard InChI is InChI=1S/C9H11NO3/c1-6(11)7-4-8(12-2)10-9(5-7)13-3/h4-5H,1-3H3. The fourth-order valence-electron chi connectivity index (χ4n) is 0.893. The molecule has 0 fully saturated rings. The van der Waals surface area contributed by atoms with Crippen molar-refractivity contribution in [2.45, 2.75) is 6.92 Å². The van der Waals surface area contributed by atoms with E-state index in [1.165, 1.54) is 21.1 Å². The van der Waals surface area contributed by atoms with Gasteiger partial charge in [0.25, 0.3) is 0 Å². The van der Waals surface area contributed by atoms with Crippen molar-refractivity contribution in [3.8, 4) is 11.8 Å². The van der Waals surface area contributed by atoms with E-state index in [0.717, 1.165) is 0 Å². The number of Topliss-reactive ketones (excluding diaryl/α,β-unsaturated/α-hetero) is 1. The van der Waals surface area contributed by atoms with E-state index in [1.54, 1.807) is 12.1 Å². The van der Waals surface area contributed by atoms with E-state index in [9.17, 15) is 4.79 Å². The minimum Gasteiger partial charge on any atom is -0.481 e. The third-order valence-electron chi connectivity index (χ3n) is 1.60. The van der Waals surface area contributed by atoms with Crippen LogP contribution in [0.1, 0.15) is 17.3 Å². The highest BCUT2D eigenvalue weighted by molar-refractivity contribution is 5.94. The van der Waals surface area contributed by atoms with Crippen molar-refractivity contribution < 1.29 is 14.3 Å². The first-order valence-electron chi connectivity index (χ1n) is 3.78. The van der Waals surface area contributed by atoms with E-state index >= 15 is 0 Å². The van der Waals surface area contributed by atoms with Crippen LogP contribution in [-0.4, -0.2) is 25.0 Å². The topological polar surface area (TPSA) is 48.4 Å². The Bertz CT molecular complexity index is 300. The van der Waals surface area contributed by atoms with Crippen LogP contribution in [0.5, 0.6) is 11.8 Å². The number of aromatic nitrogens is 1. The number of hydrogen-bond donors (Lipinski definition) is 0. The summed E-state index contributed by atoms with van der Waals surface area (Å²) in [5.41, 5.74) is 0.531. The van der Waals surface area contributed by atoms with Crippen molar-refractivity contribution in [1.29, 1.82) is 0 Å². The van der Waals surface area contributed by atoms with E-state index in [0.29, 0.717) is 17.3 Å². The van der Waals surface area contributed by atoms with Gasteiger partial charge in [-0.25, -0.2) is 0 Å². The monoisotopic (exact) mass is 181 g/mol. The number of nitrogens with zero attached hydrogens (tertiary/aromatic N) is 1. The summed E-state index contributed by atoms with van der Waals surface area (Å²) < 4.78 is 9.81. The van der Waals surface area contributed by atoms with Crippen molar-refractivity contribution >= 4 is 5.78 Å². The average molecular weight is 181 g/mol. The molecule has 0 aromatic carbocycles. The summed E-state index contributed by atoms with van der Waals surface area (Å²) in [5, 5.41) is 0. The zero-order valence-electron chi connectivity index (χ0n) is 7.83. The minimum absolute atomic E-state index is 0.0426. The Morgan fingerprint density at radius 1 is 1.23 bits per heavy atom. The second-order valence-electron chi connectivity index (χ2n) is 2.50. The van der Waals surface area contributed by atoms with Crippen LogP contribution in [0.25, 0.3) is 0 Å². The summed E-state index contributed by atoms with van der Waals surface area (Å²) in [5.74, 6) is 0.716. The number of hydrogen-bond acceptors (Lipinski definition) is 4. The number of ketones is 1. The molecule has 0 N–H and O–H groups in total. The first kappa shape index (κ1) is 9.51. The molecule has 0 aliphatic carbocycles. The number of carbonyl (C=O) groups is 1. The Kier molecular flexibility index (Phi) is 2.84. The maximum atomic E-state index is 11.0. The molecule has 0 aliphatic heterocycles. The van der Waals surface area contributed by atoms with E-state index in [2.05, 4.69) is 4.98 Å². The summed E-state index contributed by atoms with van der Waals surface area (Å²) in [6.07, 6.45) is 0. The maximum absolute atomic E-state index is 11.0. The summed E-state index contributed by atoms with van der Waals surface area (Å²) in [6.45, 7) is 1.48. The van der Waals surface area contributed by atoms with Gasteiger partial charge in [0.1, 0.15) is 0 Å². The van der Waals surface area contributed by atoms with Crippen molar-refractivity contribution in [1.82, 2.24) is 4.98 Å². The lowest BCUT2D eigenvalue weighted by Crippen LogP contribution is -1.98. The normalized spacial score (nSPS) is 9.46. The number of rotatable bonds is 3. The molecule has 0 bridgehead atoms. The molecule has 1 aromatic heterocycles. The second kappa shape index (κ2) is 3.89. The molecule has 4 heteroatoms. The number of methoxy groups -OCH3 is 2. The predicted molar refractivity (Wildman–Crippen MR) is 47.3 cm³/mol. The van der Waals surface area contributed by atoms with Gasteiger partial charge >= 0.3 is 0 Å². The van der Waals surface area contributed by atoms with Gasteiger partial charge in [-0.1, -0.05) is 0 Å². The van der Waals surface area contributed by atoms with Crippen LogP contribution < -0.4 is 9.47 Å². The van der Waals surface area contributed by atoms with Crippen LogP contribution in [0.2, 0.25) is 0 Å². The zero-order valence-corrected chi connectivity index (χ0v) is 7.83. The molecule has 70 valence electrons. The molecule has 0 aliphatic rings. The molecule has 13 heavy (non-hydrogen) atoms. The van der Waals surface area contributed by atoms with Gasteiger partial charge < -0.3 is 9.47 Å². The molecule has 4 nitrogen and oxygen atoms in total. The molecule has 0 amide bonds.